The van der Waals surface area contributed by atoms with Crippen LogP contribution in [0.3, 0.4) is 0 Å². The summed E-state index contributed by atoms with van der Waals surface area (Å²) < 4.78 is 0. The first-order valence-electron chi connectivity index (χ1n) is 8.91. The molecule has 0 aliphatic carbocycles. The second kappa shape index (κ2) is 9.26. The molecule has 1 unspecified atom stereocenters. The molecule has 0 radical (unpaired) electrons. The van der Waals surface area contributed by atoms with Gasteiger partial charge in [-0.25, -0.2) is 0 Å². The van der Waals surface area contributed by atoms with Crippen molar-refractivity contribution < 1.29 is 0 Å². The van der Waals surface area contributed by atoms with Gasteiger partial charge in [0.05, 0.1) is 0 Å². The molecule has 4 heteroatoms. The van der Waals surface area contributed by atoms with E-state index in [0.29, 0.717) is 5.92 Å². The summed E-state index contributed by atoms with van der Waals surface area (Å²) in [6, 6.07) is 22.3. The minimum atomic E-state index is -2.27. The largest absolute Gasteiger partial charge is 0.127 e. The minimum absolute atomic E-state index is 0.0118. The lowest BCUT2D eigenvalue weighted by Crippen LogP contribution is -2.66. The van der Waals surface area contributed by atoms with E-state index in [2.05, 4.69) is 79.0 Å². The lowest BCUT2D eigenvalue weighted by atomic mass is 10.1. The van der Waals surface area contributed by atoms with E-state index in [1.54, 1.807) is 0 Å². The summed E-state index contributed by atoms with van der Waals surface area (Å²) in [7, 11) is -2.27. The SMILES string of the molecule is C=CCC[Si](c1ccccc1)(c1ccccc1)C(CC(C)C)N=[N+]=[N-]. The quantitative estimate of drug-likeness (QED) is 0.199. The highest BCUT2D eigenvalue weighted by molar-refractivity contribution is 7.03. The summed E-state index contributed by atoms with van der Waals surface area (Å²) in [6.07, 6.45) is 3.80. The van der Waals surface area contributed by atoms with Gasteiger partial charge < -0.3 is 0 Å². The van der Waals surface area contributed by atoms with Gasteiger partial charge in [0, 0.05) is 10.6 Å². The Morgan fingerprint density at radius 2 is 1.56 bits per heavy atom. The lowest BCUT2D eigenvalue weighted by Gasteiger charge is -2.38. The third-order valence-corrected chi connectivity index (χ3v) is 10.1. The van der Waals surface area contributed by atoms with E-state index >= 15 is 0 Å². The van der Waals surface area contributed by atoms with Gasteiger partial charge in [-0.1, -0.05) is 96.1 Å². The zero-order valence-corrected chi connectivity index (χ0v) is 16.2. The normalized spacial score (nSPS) is 12.4. The molecule has 0 amide bonds. The van der Waals surface area contributed by atoms with Gasteiger partial charge in [0.15, 0.2) is 0 Å². The maximum Gasteiger partial charge on any atom is 0.127 e. The van der Waals surface area contributed by atoms with Crippen LogP contribution in [0.2, 0.25) is 6.04 Å². The molecule has 0 aliphatic rings. The molecule has 0 N–H and O–H groups in total. The van der Waals surface area contributed by atoms with Gasteiger partial charge >= 0.3 is 0 Å². The molecule has 3 nitrogen and oxygen atoms in total. The van der Waals surface area contributed by atoms with Gasteiger partial charge in [0.2, 0.25) is 0 Å². The van der Waals surface area contributed by atoms with E-state index in [1.165, 1.54) is 10.4 Å². The topological polar surface area (TPSA) is 48.8 Å². The third kappa shape index (κ3) is 4.41. The fourth-order valence-corrected chi connectivity index (χ4v) is 9.03. The second-order valence-electron chi connectivity index (χ2n) is 6.88. The Kier molecular flexibility index (Phi) is 7.05. The number of nitrogens with zero attached hydrogens (tertiary/aromatic N) is 3. The summed E-state index contributed by atoms with van der Waals surface area (Å²) in [5, 5.41) is 7.02. The van der Waals surface area contributed by atoms with Crippen LogP contribution >= 0.6 is 0 Å². The summed E-state index contributed by atoms with van der Waals surface area (Å²) in [5.74, 6) is 0.471. The molecule has 0 aromatic heterocycles. The molecule has 1 atom stereocenters. The fourth-order valence-electron chi connectivity index (χ4n) is 3.66. The van der Waals surface area contributed by atoms with E-state index in [4.69, 9.17) is 0 Å². The Hall–Kier alpha value is -2.29. The summed E-state index contributed by atoms with van der Waals surface area (Å²) in [5.41, 5.74) is 9.28. The molecule has 2 aromatic rings. The van der Waals surface area contributed by atoms with Crippen LogP contribution in [0, 0.1) is 5.92 Å². The maximum atomic E-state index is 9.29. The van der Waals surface area contributed by atoms with Crippen molar-refractivity contribution >= 4 is 18.4 Å². The molecule has 2 rings (SSSR count). The predicted molar refractivity (Wildman–Crippen MR) is 110 cm³/mol. The third-order valence-electron chi connectivity index (χ3n) is 4.78. The summed E-state index contributed by atoms with van der Waals surface area (Å²) in [4.78, 5) is 3.25. The van der Waals surface area contributed by atoms with Crippen molar-refractivity contribution in [1.29, 1.82) is 0 Å². The average Bonchev–Trinajstić information content (AvgIpc) is 2.64. The molecular formula is C21H27N3Si. The molecule has 2 aromatic carbocycles. The Morgan fingerprint density at radius 3 is 1.96 bits per heavy atom. The van der Waals surface area contributed by atoms with Gasteiger partial charge in [0.1, 0.15) is 8.07 Å². The Morgan fingerprint density at radius 1 is 1.04 bits per heavy atom. The van der Waals surface area contributed by atoms with Crippen molar-refractivity contribution in [3.8, 4) is 0 Å². The molecule has 0 fully saturated rings. The van der Waals surface area contributed by atoms with Gasteiger partial charge in [-0.05, 0) is 30.3 Å². The molecule has 130 valence electrons. The van der Waals surface area contributed by atoms with Crippen LogP contribution in [0.1, 0.15) is 26.7 Å². The van der Waals surface area contributed by atoms with Gasteiger partial charge in [-0.3, -0.25) is 0 Å². The highest BCUT2D eigenvalue weighted by atomic mass is 28.3. The molecule has 0 saturated carbocycles. The number of allylic oxidation sites excluding steroid dienone is 1. The van der Waals surface area contributed by atoms with Crippen LogP contribution in [-0.2, 0) is 0 Å². The van der Waals surface area contributed by atoms with Crippen LogP contribution in [0.5, 0.6) is 0 Å². The maximum absolute atomic E-state index is 9.29. The lowest BCUT2D eigenvalue weighted by molar-refractivity contribution is 0.560. The molecule has 25 heavy (non-hydrogen) atoms. The minimum Gasteiger partial charge on any atom is -0.103 e. The Bertz CT molecular complexity index is 667. The first kappa shape index (κ1) is 19.0. The highest BCUT2D eigenvalue weighted by Gasteiger charge is 2.43. The Labute approximate surface area is 152 Å². The van der Waals surface area contributed by atoms with E-state index in [0.717, 1.165) is 18.9 Å². The average molecular weight is 350 g/mol. The van der Waals surface area contributed by atoms with E-state index in [9.17, 15) is 5.53 Å². The first-order valence-corrected chi connectivity index (χ1v) is 11.2. The number of hydrogen-bond acceptors (Lipinski definition) is 1. The molecule has 0 heterocycles. The summed E-state index contributed by atoms with van der Waals surface area (Å²) >= 11 is 0. The number of rotatable bonds is 9. The van der Waals surface area contributed by atoms with Gasteiger partial charge in [-0.15, -0.1) is 6.58 Å². The van der Waals surface area contributed by atoms with E-state index in [-0.39, 0.29) is 5.67 Å². The van der Waals surface area contributed by atoms with E-state index < -0.39 is 8.07 Å². The Balaban J connectivity index is 2.73. The smallest absolute Gasteiger partial charge is 0.103 e. The monoisotopic (exact) mass is 349 g/mol. The van der Waals surface area contributed by atoms with Gasteiger partial charge in [0.25, 0.3) is 0 Å². The molecule has 0 bridgehead atoms. The number of hydrogen-bond donors (Lipinski definition) is 0. The molecule has 0 saturated heterocycles. The van der Waals surface area contributed by atoms with Crippen LogP contribution in [-0.4, -0.2) is 13.7 Å². The van der Waals surface area contributed by atoms with Crippen LogP contribution in [0.25, 0.3) is 10.4 Å². The summed E-state index contributed by atoms with van der Waals surface area (Å²) in [6.45, 7) is 8.33. The fraction of sp³-hybridized carbons (Fsp3) is 0.333. The van der Waals surface area contributed by atoms with Crippen molar-refractivity contribution in [2.24, 2.45) is 11.0 Å². The van der Waals surface area contributed by atoms with Crippen molar-refractivity contribution in [3.63, 3.8) is 0 Å². The van der Waals surface area contributed by atoms with E-state index in [1.807, 2.05) is 18.2 Å². The second-order valence-corrected chi connectivity index (χ2v) is 11.1. The zero-order chi connectivity index (χ0) is 18.1. The van der Waals surface area contributed by atoms with Crippen molar-refractivity contribution in [1.82, 2.24) is 0 Å². The highest BCUT2D eigenvalue weighted by Crippen LogP contribution is 2.26. The first-order chi connectivity index (χ1) is 12.1. The molecule has 0 aliphatic heterocycles. The van der Waals surface area contributed by atoms with Crippen LogP contribution in [0.15, 0.2) is 78.4 Å². The van der Waals surface area contributed by atoms with Crippen molar-refractivity contribution in [3.05, 3.63) is 83.8 Å². The number of azide groups is 1. The van der Waals surface area contributed by atoms with Crippen LogP contribution < -0.4 is 10.4 Å². The number of benzene rings is 2. The zero-order valence-electron chi connectivity index (χ0n) is 15.2. The van der Waals surface area contributed by atoms with Gasteiger partial charge in [-0.2, -0.15) is 0 Å². The molecule has 0 spiro atoms. The van der Waals surface area contributed by atoms with Crippen LogP contribution in [0.4, 0.5) is 0 Å². The van der Waals surface area contributed by atoms with Crippen molar-refractivity contribution in [2.75, 3.05) is 0 Å². The predicted octanol–water partition coefficient (Wildman–Crippen LogP) is 5.09. The standard InChI is InChI=1S/C21H27N3Si/c1-4-5-16-25(19-12-8-6-9-13-19,20-14-10-7-11-15-20)21(23-24-22)17-18(2)3/h4,6-15,18,21H,1,5,16-17H2,2-3H3. The molecular weight excluding hydrogens is 322 g/mol. The van der Waals surface area contributed by atoms with Crippen molar-refractivity contribution in [2.45, 2.75) is 38.4 Å².